The van der Waals surface area contributed by atoms with Crippen molar-refractivity contribution >= 4 is 0 Å². The van der Waals surface area contributed by atoms with Gasteiger partial charge in [0.15, 0.2) is 24.5 Å². The molecule has 1 aliphatic rings. The molecule has 2 nitrogen and oxygen atoms in total. The molecule has 3 aromatic carbocycles. The quantitative estimate of drug-likeness (QED) is 0.153. The van der Waals surface area contributed by atoms with Crippen molar-refractivity contribution in [2.24, 2.45) is 0 Å². The van der Waals surface area contributed by atoms with E-state index in [0.29, 0.717) is 5.92 Å². The lowest BCUT2D eigenvalue weighted by molar-refractivity contribution is -0.759. The summed E-state index contributed by atoms with van der Waals surface area (Å²) in [6, 6.07) is 36.2. The van der Waals surface area contributed by atoms with Crippen LogP contribution in [0.15, 0.2) is 109 Å². The number of fused-ring (bicyclic) bond motifs is 3. The Bertz CT molecular complexity index is 1750. The molecule has 1 unspecified atom stereocenters. The molecule has 0 radical (unpaired) electrons. The first-order valence-electron chi connectivity index (χ1n) is 16.8. The summed E-state index contributed by atoms with van der Waals surface area (Å²) >= 11 is 0. The van der Waals surface area contributed by atoms with Crippen molar-refractivity contribution in [1.29, 1.82) is 0 Å². The van der Waals surface area contributed by atoms with Gasteiger partial charge in [-0.25, -0.2) is 0 Å². The first-order chi connectivity index (χ1) is 21.5. The zero-order valence-electron chi connectivity index (χ0n) is 27.3. The van der Waals surface area contributed by atoms with Crippen LogP contribution in [0.5, 0.6) is 0 Å². The van der Waals surface area contributed by atoms with Gasteiger partial charge in [0.05, 0.1) is 5.92 Å². The zero-order chi connectivity index (χ0) is 30.7. The van der Waals surface area contributed by atoms with Gasteiger partial charge in [-0.05, 0) is 78.8 Å². The van der Waals surface area contributed by atoms with E-state index < -0.39 is 0 Å². The van der Waals surface area contributed by atoms with Gasteiger partial charge in [-0.15, -0.1) is 0 Å². The van der Waals surface area contributed by atoms with Gasteiger partial charge < -0.3 is 0 Å². The Morgan fingerprint density at radius 3 is 2.18 bits per heavy atom. The van der Waals surface area contributed by atoms with Crippen LogP contribution in [0, 0.1) is 13.8 Å². The molecule has 0 aliphatic carbocycles. The highest BCUT2D eigenvalue weighted by Crippen LogP contribution is 2.42. The van der Waals surface area contributed by atoms with Crippen molar-refractivity contribution in [3.63, 3.8) is 0 Å². The first kappa shape index (κ1) is 30.0. The average molecular weight is 581 g/mol. The smallest absolute Gasteiger partial charge is 0.198 e. The molecule has 3 heterocycles. The molecule has 0 saturated heterocycles. The molecule has 224 valence electrons. The lowest BCUT2D eigenvalue weighted by atomic mass is 9.80. The van der Waals surface area contributed by atoms with Crippen LogP contribution in [0.3, 0.4) is 0 Å². The van der Waals surface area contributed by atoms with Crippen molar-refractivity contribution < 1.29 is 9.13 Å². The second kappa shape index (κ2) is 12.9. The van der Waals surface area contributed by atoms with E-state index in [-0.39, 0.29) is 5.54 Å². The highest BCUT2D eigenvalue weighted by Gasteiger charge is 2.46. The fourth-order valence-electron chi connectivity index (χ4n) is 7.62. The van der Waals surface area contributed by atoms with Crippen LogP contribution in [-0.2, 0) is 18.5 Å². The zero-order valence-corrected chi connectivity index (χ0v) is 27.3. The second-order valence-corrected chi connectivity index (χ2v) is 12.9. The van der Waals surface area contributed by atoms with Crippen LogP contribution in [0.4, 0.5) is 0 Å². The van der Waals surface area contributed by atoms with Crippen LogP contribution in [0.1, 0.15) is 81.0 Å². The van der Waals surface area contributed by atoms with Gasteiger partial charge in [-0.3, -0.25) is 0 Å². The monoisotopic (exact) mass is 580 g/mol. The molecule has 0 amide bonds. The summed E-state index contributed by atoms with van der Waals surface area (Å²) in [6.45, 7) is 12.5. The van der Waals surface area contributed by atoms with Crippen LogP contribution in [0.25, 0.3) is 33.6 Å². The lowest BCUT2D eigenvalue weighted by Crippen LogP contribution is -2.57. The predicted molar refractivity (Wildman–Crippen MR) is 184 cm³/mol. The molecule has 0 bridgehead atoms. The van der Waals surface area contributed by atoms with E-state index in [1.807, 2.05) is 0 Å². The molecule has 0 spiro atoms. The summed E-state index contributed by atoms with van der Waals surface area (Å²) in [6.07, 6.45) is 11.8. The van der Waals surface area contributed by atoms with Crippen molar-refractivity contribution in [1.82, 2.24) is 0 Å². The summed E-state index contributed by atoms with van der Waals surface area (Å²) in [4.78, 5) is 0. The lowest BCUT2D eigenvalue weighted by Gasteiger charge is -2.29. The van der Waals surface area contributed by atoms with Crippen molar-refractivity contribution in [3.8, 4) is 33.6 Å². The fraction of sp³-hybridized carbons (Fsp3) is 0.333. The Kier molecular flexibility index (Phi) is 8.80. The molecule has 5 aromatic rings. The number of rotatable bonds is 9. The summed E-state index contributed by atoms with van der Waals surface area (Å²) in [5.74, 6) is 0.390. The summed E-state index contributed by atoms with van der Waals surface area (Å²) in [5, 5.41) is 0. The van der Waals surface area contributed by atoms with Crippen LogP contribution >= 0.6 is 0 Å². The minimum absolute atomic E-state index is 0.0700. The highest BCUT2D eigenvalue weighted by molar-refractivity contribution is 5.74. The third-order valence-corrected chi connectivity index (χ3v) is 10.2. The minimum Gasteiger partial charge on any atom is -0.198 e. The molecule has 6 rings (SSSR count). The summed E-state index contributed by atoms with van der Waals surface area (Å²) in [7, 11) is 0. The van der Waals surface area contributed by atoms with Crippen LogP contribution in [-0.4, -0.2) is 0 Å². The number of pyridine rings is 2. The molecule has 2 heteroatoms. The van der Waals surface area contributed by atoms with Gasteiger partial charge in [0.1, 0.15) is 0 Å². The van der Waals surface area contributed by atoms with Crippen molar-refractivity contribution in [3.05, 3.63) is 132 Å². The number of aryl methyl sites for hydroxylation is 3. The van der Waals surface area contributed by atoms with E-state index >= 15 is 0 Å². The molecule has 0 N–H and O–H groups in total. The van der Waals surface area contributed by atoms with Crippen LogP contribution < -0.4 is 9.13 Å². The van der Waals surface area contributed by atoms with Crippen molar-refractivity contribution in [2.75, 3.05) is 0 Å². The SMILES string of the molecule is CCCCc1ccc2[n+](c1)C(CC)(CC)CC(C[n+]1ccccc1-c1cc(C)c(-c3ccccc3)cc1C)c1ccccc1-2. The largest absolute Gasteiger partial charge is 0.213 e. The van der Waals surface area contributed by atoms with Crippen LogP contribution in [0.2, 0.25) is 0 Å². The maximum Gasteiger partial charge on any atom is 0.213 e. The summed E-state index contributed by atoms with van der Waals surface area (Å²) < 4.78 is 5.21. The number of unbranched alkanes of at least 4 members (excludes halogenated alkanes) is 1. The van der Waals surface area contributed by atoms with E-state index in [4.69, 9.17) is 0 Å². The van der Waals surface area contributed by atoms with Gasteiger partial charge in [0, 0.05) is 54.2 Å². The number of hydrogen-bond donors (Lipinski definition) is 0. The van der Waals surface area contributed by atoms with E-state index in [0.717, 1.165) is 32.2 Å². The highest BCUT2D eigenvalue weighted by atomic mass is 15.1. The van der Waals surface area contributed by atoms with Gasteiger partial charge in [-0.1, -0.05) is 81.8 Å². The summed E-state index contributed by atoms with van der Waals surface area (Å²) in [5.41, 5.74) is 13.6. The first-order valence-corrected chi connectivity index (χ1v) is 16.8. The molecule has 44 heavy (non-hydrogen) atoms. The van der Waals surface area contributed by atoms with Crippen molar-refractivity contribution in [2.45, 2.75) is 91.1 Å². The number of hydrogen-bond acceptors (Lipinski definition) is 0. The molecule has 1 atom stereocenters. The molecule has 2 aromatic heterocycles. The Balaban J connectivity index is 1.43. The normalized spacial score (nSPS) is 15.3. The minimum atomic E-state index is 0.0700. The van der Waals surface area contributed by atoms with E-state index in [2.05, 4.69) is 153 Å². The number of nitrogens with zero attached hydrogens (tertiary/aromatic N) is 2. The Morgan fingerprint density at radius 2 is 1.41 bits per heavy atom. The Morgan fingerprint density at radius 1 is 0.705 bits per heavy atom. The topological polar surface area (TPSA) is 7.76 Å². The van der Waals surface area contributed by atoms with E-state index in [9.17, 15) is 0 Å². The van der Waals surface area contributed by atoms with Gasteiger partial charge in [0.2, 0.25) is 11.4 Å². The number of benzene rings is 3. The maximum absolute atomic E-state index is 2.68. The predicted octanol–water partition coefficient (Wildman–Crippen LogP) is 9.92. The van der Waals surface area contributed by atoms with Gasteiger partial charge in [0.25, 0.3) is 0 Å². The third-order valence-electron chi connectivity index (χ3n) is 10.2. The third kappa shape index (κ3) is 5.63. The Hall–Kier alpha value is -4.04. The average Bonchev–Trinajstić information content (AvgIpc) is 3.18. The molecule has 1 aliphatic heterocycles. The standard InChI is InChI=1S/C42H48N2/c1-6-9-17-33-23-24-41-37-21-14-13-20-36(37)35(28-42(7-2,8-3)44(41)29-33)30-43-25-16-15-22-40(43)39-27-31(4)38(26-32(39)5)34-18-11-10-12-19-34/h10-16,18-27,29,35H,6-9,17,28,30H2,1-5H3/q+2. The number of aromatic nitrogens is 2. The van der Waals surface area contributed by atoms with E-state index in [1.165, 1.54) is 68.7 Å². The molecule has 0 fully saturated rings. The van der Waals surface area contributed by atoms with Gasteiger partial charge in [-0.2, -0.15) is 9.13 Å². The Labute approximate surface area is 265 Å². The second-order valence-electron chi connectivity index (χ2n) is 12.9. The fourth-order valence-corrected chi connectivity index (χ4v) is 7.62. The molecular formula is C42H48N2+2. The molecule has 0 saturated carbocycles. The maximum atomic E-state index is 2.68. The molecular weight excluding hydrogens is 532 g/mol. The van der Waals surface area contributed by atoms with Gasteiger partial charge >= 0.3 is 0 Å². The van der Waals surface area contributed by atoms with E-state index in [1.54, 1.807) is 0 Å².